The fourth-order valence-corrected chi connectivity index (χ4v) is 1.54. The van der Waals surface area contributed by atoms with Gasteiger partial charge in [0.05, 0.1) is 0 Å². The molecule has 2 N–H and O–H groups in total. The molecule has 11 heavy (non-hydrogen) atoms. The molecule has 0 aliphatic rings. The molecule has 0 saturated carbocycles. The maximum absolute atomic E-state index is 10.7. The van der Waals surface area contributed by atoms with Crippen LogP contribution in [0, 0.1) is 5.92 Å². The minimum absolute atomic E-state index is 0.0513. The first-order valence-electron chi connectivity index (χ1n) is 3.50. The van der Waals surface area contributed by atoms with E-state index in [2.05, 4.69) is 0 Å². The number of carbonyl (C=O) groups is 1. The average molecular weight is 169 g/mol. The van der Waals surface area contributed by atoms with E-state index in [0.717, 1.165) is 6.42 Å². The minimum Gasteiger partial charge on any atom is -0.369 e. The number of amides is 1. The van der Waals surface area contributed by atoms with E-state index in [1.165, 1.54) is 5.56 Å². The Morgan fingerprint density at radius 3 is 3.00 bits per heavy atom. The predicted molar refractivity (Wildman–Crippen MR) is 46.4 cm³/mol. The molecule has 60 valence electrons. The van der Waals surface area contributed by atoms with Crippen LogP contribution in [-0.4, -0.2) is 5.91 Å². The van der Waals surface area contributed by atoms with E-state index in [1.807, 2.05) is 23.8 Å². The molecule has 1 atom stereocenters. The summed E-state index contributed by atoms with van der Waals surface area (Å²) in [5.41, 5.74) is 6.31. The van der Waals surface area contributed by atoms with Gasteiger partial charge in [0.1, 0.15) is 0 Å². The molecular weight excluding hydrogens is 158 g/mol. The van der Waals surface area contributed by atoms with Crippen LogP contribution >= 0.6 is 11.3 Å². The first kappa shape index (κ1) is 8.27. The maximum atomic E-state index is 10.7. The van der Waals surface area contributed by atoms with E-state index in [4.69, 9.17) is 5.73 Å². The largest absolute Gasteiger partial charge is 0.369 e. The summed E-state index contributed by atoms with van der Waals surface area (Å²) >= 11 is 1.64. The van der Waals surface area contributed by atoms with Crippen LogP contribution in [0.25, 0.3) is 0 Å². The van der Waals surface area contributed by atoms with Crippen molar-refractivity contribution >= 4 is 17.2 Å². The lowest BCUT2D eigenvalue weighted by atomic mass is 10.0. The highest BCUT2D eigenvalue weighted by Gasteiger charge is 2.08. The summed E-state index contributed by atoms with van der Waals surface area (Å²) in [6, 6.07) is 2.02. The quantitative estimate of drug-likeness (QED) is 0.730. The molecule has 0 aliphatic heterocycles. The first-order chi connectivity index (χ1) is 5.20. The van der Waals surface area contributed by atoms with Gasteiger partial charge in [0.25, 0.3) is 0 Å². The average Bonchev–Trinajstić information content (AvgIpc) is 2.39. The smallest absolute Gasteiger partial charge is 0.220 e. The van der Waals surface area contributed by atoms with Crippen LogP contribution in [0.2, 0.25) is 0 Å². The Balaban J connectivity index is 2.50. The van der Waals surface area contributed by atoms with Gasteiger partial charge in [-0.1, -0.05) is 6.92 Å². The standard InChI is InChI=1S/C8H11NOS/c1-6(8(9)10)4-7-2-3-11-5-7/h2-3,5-6H,4H2,1H3,(H2,9,10). The Bertz CT molecular complexity index is 230. The molecule has 1 heterocycles. The predicted octanol–water partition coefficient (Wildman–Crippen LogP) is 1.41. The van der Waals surface area contributed by atoms with Crippen molar-refractivity contribution in [3.8, 4) is 0 Å². The van der Waals surface area contributed by atoms with Gasteiger partial charge in [-0.3, -0.25) is 4.79 Å². The number of primary amides is 1. The summed E-state index contributed by atoms with van der Waals surface area (Å²) in [6.45, 7) is 1.85. The zero-order chi connectivity index (χ0) is 8.27. The Kier molecular flexibility index (Phi) is 2.65. The second kappa shape index (κ2) is 3.53. The third-order valence-corrected chi connectivity index (χ3v) is 2.34. The third kappa shape index (κ3) is 2.35. The molecule has 1 unspecified atom stereocenters. The van der Waals surface area contributed by atoms with Crippen LogP contribution in [0.1, 0.15) is 12.5 Å². The summed E-state index contributed by atoms with van der Waals surface area (Å²) in [5, 5.41) is 4.04. The second-order valence-corrected chi connectivity index (χ2v) is 3.42. The van der Waals surface area contributed by atoms with Crippen molar-refractivity contribution in [1.29, 1.82) is 0 Å². The fourth-order valence-electron chi connectivity index (χ4n) is 0.863. The van der Waals surface area contributed by atoms with Gasteiger partial charge < -0.3 is 5.73 Å². The molecule has 3 heteroatoms. The zero-order valence-electron chi connectivity index (χ0n) is 6.41. The van der Waals surface area contributed by atoms with E-state index >= 15 is 0 Å². The van der Waals surface area contributed by atoms with Crippen LogP contribution in [0.5, 0.6) is 0 Å². The molecule has 1 amide bonds. The number of hydrogen-bond acceptors (Lipinski definition) is 2. The molecule has 0 radical (unpaired) electrons. The SMILES string of the molecule is CC(Cc1ccsc1)C(N)=O. The van der Waals surface area contributed by atoms with Gasteiger partial charge in [-0.25, -0.2) is 0 Å². The third-order valence-electron chi connectivity index (χ3n) is 1.61. The lowest BCUT2D eigenvalue weighted by molar-refractivity contribution is -0.121. The highest BCUT2D eigenvalue weighted by Crippen LogP contribution is 2.11. The molecule has 0 aliphatic carbocycles. The van der Waals surface area contributed by atoms with Gasteiger partial charge in [-0.2, -0.15) is 11.3 Å². The summed E-state index contributed by atoms with van der Waals surface area (Å²) in [4.78, 5) is 10.7. The number of carbonyl (C=O) groups excluding carboxylic acids is 1. The van der Waals surface area contributed by atoms with Crippen molar-refractivity contribution in [3.63, 3.8) is 0 Å². The maximum Gasteiger partial charge on any atom is 0.220 e. The van der Waals surface area contributed by atoms with Gasteiger partial charge in [0.15, 0.2) is 0 Å². The van der Waals surface area contributed by atoms with Gasteiger partial charge in [-0.15, -0.1) is 0 Å². The zero-order valence-corrected chi connectivity index (χ0v) is 7.23. The second-order valence-electron chi connectivity index (χ2n) is 2.64. The molecule has 0 aromatic carbocycles. The lowest BCUT2D eigenvalue weighted by Gasteiger charge is -2.03. The monoisotopic (exact) mass is 169 g/mol. The lowest BCUT2D eigenvalue weighted by Crippen LogP contribution is -2.21. The van der Waals surface area contributed by atoms with Crippen LogP contribution in [0.3, 0.4) is 0 Å². The van der Waals surface area contributed by atoms with Crippen molar-refractivity contribution in [2.24, 2.45) is 11.7 Å². The van der Waals surface area contributed by atoms with Crippen molar-refractivity contribution < 1.29 is 4.79 Å². The minimum atomic E-state index is -0.226. The van der Waals surface area contributed by atoms with Crippen molar-refractivity contribution in [1.82, 2.24) is 0 Å². The normalized spacial score (nSPS) is 12.8. The summed E-state index contributed by atoms with van der Waals surface area (Å²) in [6.07, 6.45) is 0.763. The highest BCUT2D eigenvalue weighted by molar-refractivity contribution is 7.07. The van der Waals surface area contributed by atoms with Crippen molar-refractivity contribution in [2.75, 3.05) is 0 Å². The molecule has 0 saturated heterocycles. The van der Waals surface area contributed by atoms with Gasteiger partial charge in [0, 0.05) is 5.92 Å². The topological polar surface area (TPSA) is 43.1 Å². The molecular formula is C8H11NOS. The van der Waals surface area contributed by atoms with Crippen molar-refractivity contribution in [3.05, 3.63) is 22.4 Å². The van der Waals surface area contributed by atoms with Gasteiger partial charge in [-0.05, 0) is 28.8 Å². The van der Waals surface area contributed by atoms with Gasteiger partial charge >= 0.3 is 0 Å². The Labute approximate surface area is 70.0 Å². The number of nitrogens with two attached hydrogens (primary N) is 1. The Hall–Kier alpha value is -0.830. The Morgan fingerprint density at radius 2 is 2.55 bits per heavy atom. The van der Waals surface area contributed by atoms with Gasteiger partial charge in [0.2, 0.25) is 5.91 Å². The van der Waals surface area contributed by atoms with Crippen LogP contribution in [0.15, 0.2) is 16.8 Å². The van der Waals surface area contributed by atoms with Crippen LogP contribution in [-0.2, 0) is 11.2 Å². The number of hydrogen-bond donors (Lipinski definition) is 1. The molecule has 1 aromatic rings. The number of thiophene rings is 1. The molecule has 0 fully saturated rings. The van der Waals surface area contributed by atoms with E-state index < -0.39 is 0 Å². The van der Waals surface area contributed by atoms with Crippen LogP contribution in [0.4, 0.5) is 0 Å². The highest BCUT2D eigenvalue weighted by atomic mass is 32.1. The fraction of sp³-hybridized carbons (Fsp3) is 0.375. The van der Waals surface area contributed by atoms with Crippen LogP contribution < -0.4 is 5.73 Å². The summed E-state index contributed by atoms with van der Waals surface area (Å²) in [5.74, 6) is -0.277. The molecule has 1 rings (SSSR count). The first-order valence-corrected chi connectivity index (χ1v) is 4.45. The summed E-state index contributed by atoms with van der Waals surface area (Å²) < 4.78 is 0. The molecule has 2 nitrogen and oxygen atoms in total. The number of rotatable bonds is 3. The summed E-state index contributed by atoms with van der Waals surface area (Å²) in [7, 11) is 0. The molecule has 0 bridgehead atoms. The van der Waals surface area contributed by atoms with E-state index in [-0.39, 0.29) is 11.8 Å². The molecule has 0 spiro atoms. The Morgan fingerprint density at radius 1 is 1.82 bits per heavy atom. The molecule has 1 aromatic heterocycles. The van der Waals surface area contributed by atoms with E-state index in [9.17, 15) is 4.79 Å². The van der Waals surface area contributed by atoms with E-state index in [1.54, 1.807) is 11.3 Å². The van der Waals surface area contributed by atoms with Crippen molar-refractivity contribution in [2.45, 2.75) is 13.3 Å². The van der Waals surface area contributed by atoms with E-state index in [0.29, 0.717) is 0 Å².